The van der Waals surface area contributed by atoms with Crippen LogP contribution < -0.4 is 43.5 Å². The first kappa shape index (κ1) is 26.4. The summed E-state index contributed by atoms with van der Waals surface area (Å²) in [6.07, 6.45) is 4.07. The van der Waals surface area contributed by atoms with E-state index >= 15 is 0 Å². The van der Waals surface area contributed by atoms with Crippen LogP contribution in [-0.4, -0.2) is 5.78 Å². The third-order valence-corrected chi connectivity index (χ3v) is 5.71. The average Bonchev–Trinajstić information content (AvgIpc) is 2.78. The van der Waals surface area contributed by atoms with Crippen LogP contribution in [0.15, 0.2) is 78.9 Å². The number of ketones is 1. The maximum absolute atomic E-state index is 12.2. The van der Waals surface area contributed by atoms with Gasteiger partial charge >= 0.3 is 37.4 Å². The number of hydrogen-bond donors (Lipinski definition) is 0. The van der Waals surface area contributed by atoms with E-state index in [9.17, 15) is 14.3 Å². The molecule has 0 fully saturated rings. The zero-order valence-corrected chi connectivity index (χ0v) is 21.4. The smallest absolute Gasteiger partial charge is 0.736 e. The minimum absolute atomic E-state index is 0. The number of phosphoric acid groups is 1. The molecular formula is C25H26NaO5P. The summed E-state index contributed by atoms with van der Waals surface area (Å²) in [5, 5.41) is 0. The predicted octanol–water partition coefficient (Wildman–Crippen LogP) is 2.77. The number of benzene rings is 3. The maximum Gasteiger partial charge on any atom is 1.00 e. The summed E-state index contributed by atoms with van der Waals surface area (Å²) >= 11 is 0. The molecule has 0 radical (unpaired) electrons. The molecule has 3 aromatic carbocycles. The van der Waals surface area contributed by atoms with Gasteiger partial charge in [-0.1, -0.05) is 67.9 Å². The molecule has 0 aliphatic carbocycles. The van der Waals surface area contributed by atoms with E-state index in [-0.39, 0.29) is 46.8 Å². The van der Waals surface area contributed by atoms with Crippen molar-refractivity contribution in [3.05, 3.63) is 95.6 Å². The van der Waals surface area contributed by atoms with E-state index in [0.29, 0.717) is 18.4 Å². The number of phosphoric ester groups is 1. The molecule has 0 saturated heterocycles. The van der Waals surface area contributed by atoms with E-state index in [2.05, 4.69) is 6.92 Å². The Morgan fingerprint density at radius 2 is 1.31 bits per heavy atom. The van der Waals surface area contributed by atoms with Crippen LogP contribution in [-0.2, 0) is 17.4 Å². The number of unbranched alkanes of at least 4 members (excludes halogenated alkanes) is 1. The zero-order chi connectivity index (χ0) is 22.1. The Bertz CT molecular complexity index is 1020. The Balaban J connectivity index is 0.00000363. The molecule has 3 rings (SSSR count). The monoisotopic (exact) mass is 460 g/mol. The Labute approximate surface area is 211 Å². The molecule has 162 valence electrons. The average molecular weight is 460 g/mol. The number of carbonyl (C=O) groups is 1. The van der Waals surface area contributed by atoms with Crippen molar-refractivity contribution >= 4 is 13.6 Å². The van der Waals surface area contributed by atoms with Crippen LogP contribution in [0.5, 0.6) is 11.5 Å². The summed E-state index contributed by atoms with van der Waals surface area (Å²) in [7, 11) is -4.56. The Morgan fingerprint density at radius 3 is 1.81 bits per heavy atom. The first-order valence-corrected chi connectivity index (χ1v) is 11.9. The van der Waals surface area contributed by atoms with E-state index < -0.39 is 7.82 Å². The normalized spacial score (nSPS) is 12.3. The molecule has 0 saturated carbocycles. The summed E-state index contributed by atoms with van der Waals surface area (Å²) in [4.78, 5) is 24.4. The molecule has 0 N–H and O–H groups in total. The fraction of sp³-hybridized carbons (Fsp3) is 0.240. The molecule has 0 spiro atoms. The molecule has 3 aromatic rings. The molecule has 32 heavy (non-hydrogen) atoms. The topological polar surface area (TPSA) is 75.7 Å². The van der Waals surface area contributed by atoms with Crippen molar-refractivity contribution < 1.29 is 52.9 Å². The van der Waals surface area contributed by atoms with Gasteiger partial charge < -0.3 is 13.9 Å². The number of hydrogen-bond acceptors (Lipinski definition) is 5. The summed E-state index contributed by atoms with van der Waals surface area (Å²) in [5.41, 5.74) is 2.74. The molecule has 7 heteroatoms. The molecule has 0 aliphatic heterocycles. The van der Waals surface area contributed by atoms with Gasteiger partial charge in [-0.15, -0.1) is 0 Å². The van der Waals surface area contributed by atoms with Crippen LogP contribution in [0.3, 0.4) is 0 Å². The quantitative estimate of drug-likeness (QED) is 0.250. The van der Waals surface area contributed by atoms with Crippen LogP contribution in [0.4, 0.5) is 0 Å². The SMILES string of the molecule is CCCCc1ccc(OP(=O)([O-])Oc2ccc(CCC(=O)c3ccccc3)cc2)cc1.[Na+]. The van der Waals surface area contributed by atoms with Crippen LogP contribution in [0.2, 0.25) is 0 Å². The van der Waals surface area contributed by atoms with Gasteiger partial charge in [0.2, 0.25) is 0 Å². The second-order valence-electron chi connectivity index (χ2n) is 7.31. The van der Waals surface area contributed by atoms with E-state index in [0.717, 1.165) is 30.4 Å². The van der Waals surface area contributed by atoms with Gasteiger partial charge in [0.25, 0.3) is 0 Å². The molecule has 5 nitrogen and oxygen atoms in total. The summed E-state index contributed by atoms with van der Waals surface area (Å²) in [6, 6.07) is 22.7. The summed E-state index contributed by atoms with van der Waals surface area (Å²) < 4.78 is 22.3. The van der Waals surface area contributed by atoms with Crippen molar-refractivity contribution in [2.45, 2.75) is 39.0 Å². The molecule has 1 unspecified atom stereocenters. The summed E-state index contributed by atoms with van der Waals surface area (Å²) in [5.74, 6) is 0.449. The van der Waals surface area contributed by atoms with Crippen molar-refractivity contribution in [2.75, 3.05) is 0 Å². The molecule has 0 heterocycles. The van der Waals surface area contributed by atoms with E-state index in [1.807, 2.05) is 30.3 Å². The zero-order valence-electron chi connectivity index (χ0n) is 18.5. The summed E-state index contributed by atoms with van der Waals surface area (Å²) in [6.45, 7) is 2.12. The van der Waals surface area contributed by atoms with Gasteiger partial charge in [0.15, 0.2) is 5.78 Å². The van der Waals surface area contributed by atoms with Crippen molar-refractivity contribution in [1.29, 1.82) is 0 Å². The van der Waals surface area contributed by atoms with Crippen molar-refractivity contribution in [2.24, 2.45) is 0 Å². The Hall–Kier alpha value is -1.88. The Kier molecular flexibility index (Phi) is 10.7. The van der Waals surface area contributed by atoms with Gasteiger partial charge in [0, 0.05) is 12.0 Å². The van der Waals surface area contributed by atoms with Gasteiger partial charge in [-0.05, 0) is 54.7 Å². The number of Topliss-reactive ketones (excluding diaryl/α,β-unsaturated/α-hetero) is 1. The molecule has 0 aromatic heterocycles. The van der Waals surface area contributed by atoms with Crippen LogP contribution in [0.25, 0.3) is 0 Å². The first-order valence-electron chi connectivity index (χ1n) is 10.4. The van der Waals surface area contributed by atoms with Crippen LogP contribution >= 0.6 is 7.82 Å². The third kappa shape index (κ3) is 8.57. The van der Waals surface area contributed by atoms with Gasteiger partial charge in [0.1, 0.15) is 11.5 Å². The predicted molar refractivity (Wildman–Crippen MR) is 119 cm³/mol. The van der Waals surface area contributed by atoms with Crippen molar-refractivity contribution in [3.63, 3.8) is 0 Å². The Morgan fingerprint density at radius 1 is 0.812 bits per heavy atom. The fourth-order valence-electron chi connectivity index (χ4n) is 3.12. The second kappa shape index (κ2) is 13.0. The largest absolute Gasteiger partial charge is 1.00 e. The van der Waals surface area contributed by atoms with Gasteiger partial charge in [-0.2, -0.15) is 0 Å². The van der Waals surface area contributed by atoms with E-state index in [4.69, 9.17) is 9.05 Å². The molecule has 0 aliphatic rings. The molecule has 0 bridgehead atoms. The van der Waals surface area contributed by atoms with Gasteiger partial charge in [-0.25, -0.2) is 4.57 Å². The van der Waals surface area contributed by atoms with Crippen LogP contribution in [0, 0.1) is 0 Å². The van der Waals surface area contributed by atoms with Gasteiger partial charge in [0.05, 0.1) is 0 Å². The van der Waals surface area contributed by atoms with Crippen LogP contribution in [0.1, 0.15) is 47.7 Å². The molecular weight excluding hydrogens is 434 g/mol. The maximum atomic E-state index is 12.2. The third-order valence-electron chi connectivity index (χ3n) is 4.84. The first-order chi connectivity index (χ1) is 14.9. The van der Waals surface area contributed by atoms with E-state index in [1.165, 1.54) is 0 Å². The minimum Gasteiger partial charge on any atom is -0.736 e. The molecule has 1 atom stereocenters. The minimum atomic E-state index is -4.56. The van der Waals surface area contributed by atoms with Crippen molar-refractivity contribution in [3.8, 4) is 11.5 Å². The van der Waals surface area contributed by atoms with Crippen molar-refractivity contribution in [1.82, 2.24) is 0 Å². The standard InChI is InChI=1S/C25H27O5P.Na/c1-2-3-7-20-10-15-23(16-11-20)29-31(27,28)30-24-17-12-21(13-18-24)14-19-25(26)22-8-5-4-6-9-22;/h4-6,8-13,15-18H,2-3,7,14,19H2,1H3,(H,27,28);/q;+1/p-1. The number of carbonyl (C=O) groups excluding carboxylic acids is 1. The number of aryl methyl sites for hydroxylation is 2. The fourth-order valence-corrected chi connectivity index (χ4v) is 3.92. The van der Waals surface area contributed by atoms with E-state index in [1.54, 1.807) is 48.5 Å². The van der Waals surface area contributed by atoms with Gasteiger partial charge in [-0.3, -0.25) is 4.79 Å². The second-order valence-corrected chi connectivity index (χ2v) is 8.57. The molecule has 0 amide bonds. The number of rotatable bonds is 11.